The first-order chi connectivity index (χ1) is 15.9. The van der Waals surface area contributed by atoms with Gasteiger partial charge in [0.2, 0.25) is 4.77 Å². The van der Waals surface area contributed by atoms with Gasteiger partial charge in [0.1, 0.15) is 17.7 Å². The fourth-order valence-electron chi connectivity index (χ4n) is 3.88. The molecule has 0 N–H and O–H groups in total. The van der Waals surface area contributed by atoms with Crippen LogP contribution < -0.4 is 4.90 Å². The lowest BCUT2D eigenvalue weighted by molar-refractivity contribution is 0.192. The predicted molar refractivity (Wildman–Crippen MR) is 127 cm³/mol. The summed E-state index contributed by atoms with van der Waals surface area (Å²) in [6.07, 6.45) is 1.72. The highest BCUT2D eigenvalue weighted by molar-refractivity contribution is 7.71. The van der Waals surface area contributed by atoms with Crippen molar-refractivity contribution in [2.24, 2.45) is 0 Å². The summed E-state index contributed by atoms with van der Waals surface area (Å²) in [6.45, 7) is 5.74. The van der Waals surface area contributed by atoms with Crippen molar-refractivity contribution in [3.63, 3.8) is 0 Å². The second-order valence-corrected chi connectivity index (χ2v) is 8.69. The highest BCUT2D eigenvalue weighted by Crippen LogP contribution is 2.22. The van der Waals surface area contributed by atoms with Crippen LogP contribution in [0, 0.1) is 21.9 Å². The van der Waals surface area contributed by atoms with Crippen molar-refractivity contribution in [2.45, 2.75) is 19.6 Å². The van der Waals surface area contributed by atoms with E-state index < -0.39 is 0 Å². The number of nitriles is 1. The molecular formula is C23H27FN8S. The summed E-state index contributed by atoms with van der Waals surface area (Å²) >= 11 is 5.80. The van der Waals surface area contributed by atoms with Gasteiger partial charge in [-0.05, 0) is 69.6 Å². The molecule has 1 unspecified atom stereocenters. The van der Waals surface area contributed by atoms with E-state index in [0.29, 0.717) is 17.0 Å². The molecule has 4 rings (SSSR count). The Morgan fingerprint density at radius 2 is 1.85 bits per heavy atom. The number of anilines is 1. The fourth-order valence-corrected chi connectivity index (χ4v) is 4.18. The quantitative estimate of drug-likeness (QED) is 0.517. The molecule has 0 bridgehead atoms. The summed E-state index contributed by atoms with van der Waals surface area (Å²) in [5, 5.41) is 14.2. The molecule has 1 fully saturated rings. The lowest BCUT2D eigenvalue weighted by Crippen LogP contribution is -2.47. The van der Waals surface area contributed by atoms with Crippen LogP contribution in [0.4, 0.5) is 10.2 Å². The average molecular weight is 467 g/mol. The van der Waals surface area contributed by atoms with Crippen LogP contribution in [0.2, 0.25) is 0 Å². The summed E-state index contributed by atoms with van der Waals surface area (Å²) in [7, 11) is 3.99. The number of benzene rings is 1. The summed E-state index contributed by atoms with van der Waals surface area (Å²) in [6, 6.07) is 12.1. The number of hydrogen-bond acceptors (Lipinski definition) is 7. The number of nitrogens with zero attached hydrogens (tertiary/aromatic N) is 8. The van der Waals surface area contributed by atoms with Gasteiger partial charge in [-0.2, -0.15) is 10.4 Å². The molecule has 3 heterocycles. The van der Waals surface area contributed by atoms with Crippen molar-refractivity contribution in [2.75, 3.05) is 45.2 Å². The van der Waals surface area contributed by atoms with Crippen molar-refractivity contribution in [3.8, 4) is 11.8 Å². The van der Waals surface area contributed by atoms with E-state index in [9.17, 15) is 9.65 Å². The Balaban J connectivity index is 1.55. The number of piperazine rings is 1. The largest absolute Gasteiger partial charge is 0.353 e. The molecule has 3 aromatic rings. The van der Waals surface area contributed by atoms with E-state index in [1.54, 1.807) is 30.5 Å². The van der Waals surface area contributed by atoms with Gasteiger partial charge in [0, 0.05) is 38.1 Å². The van der Waals surface area contributed by atoms with Gasteiger partial charge in [-0.3, -0.25) is 14.4 Å². The fraction of sp³-hybridized carbons (Fsp3) is 0.391. The molecule has 1 aromatic carbocycles. The minimum atomic E-state index is -0.287. The van der Waals surface area contributed by atoms with Crippen LogP contribution in [-0.4, -0.2) is 69.4 Å². The third-order valence-corrected chi connectivity index (χ3v) is 6.40. The summed E-state index contributed by atoms with van der Waals surface area (Å²) in [4.78, 5) is 10.9. The number of aromatic nitrogens is 4. The van der Waals surface area contributed by atoms with Crippen molar-refractivity contribution in [3.05, 3.63) is 64.6 Å². The molecule has 0 amide bonds. The second kappa shape index (κ2) is 9.79. The Morgan fingerprint density at radius 1 is 1.15 bits per heavy atom. The third-order valence-electron chi connectivity index (χ3n) is 6.01. The molecule has 1 aliphatic heterocycles. The molecular weight excluding hydrogens is 439 g/mol. The normalized spacial score (nSPS) is 15.6. The van der Waals surface area contributed by atoms with Crippen LogP contribution in [0.15, 0.2) is 42.6 Å². The number of halogens is 1. The van der Waals surface area contributed by atoms with Crippen LogP contribution in [-0.2, 0) is 6.67 Å². The van der Waals surface area contributed by atoms with Crippen LogP contribution in [0.25, 0.3) is 5.69 Å². The van der Waals surface area contributed by atoms with Crippen molar-refractivity contribution >= 4 is 18.0 Å². The maximum Gasteiger partial charge on any atom is 0.203 e. The van der Waals surface area contributed by atoms with Gasteiger partial charge in [-0.15, -0.1) is 0 Å². The van der Waals surface area contributed by atoms with Gasteiger partial charge in [0.25, 0.3) is 0 Å². The predicted octanol–water partition coefficient (Wildman–Crippen LogP) is 3.21. The van der Waals surface area contributed by atoms with Gasteiger partial charge in [0.05, 0.1) is 18.3 Å². The Hall–Kier alpha value is -3.13. The Morgan fingerprint density at radius 3 is 2.48 bits per heavy atom. The van der Waals surface area contributed by atoms with Crippen LogP contribution in [0.1, 0.15) is 24.4 Å². The minimum Gasteiger partial charge on any atom is -0.353 e. The van der Waals surface area contributed by atoms with Crippen molar-refractivity contribution < 1.29 is 4.39 Å². The molecule has 10 heteroatoms. The van der Waals surface area contributed by atoms with Gasteiger partial charge in [-0.25, -0.2) is 14.1 Å². The molecule has 33 heavy (non-hydrogen) atoms. The lowest BCUT2D eigenvalue weighted by Gasteiger charge is -2.35. The first-order valence-electron chi connectivity index (χ1n) is 10.8. The van der Waals surface area contributed by atoms with Gasteiger partial charge in [0.15, 0.2) is 5.82 Å². The molecule has 8 nitrogen and oxygen atoms in total. The zero-order valence-electron chi connectivity index (χ0n) is 19.0. The van der Waals surface area contributed by atoms with Crippen LogP contribution in [0.5, 0.6) is 0 Å². The molecule has 1 aliphatic rings. The summed E-state index contributed by atoms with van der Waals surface area (Å²) < 4.78 is 17.8. The van der Waals surface area contributed by atoms with Crippen LogP contribution in [0.3, 0.4) is 0 Å². The van der Waals surface area contributed by atoms with Crippen molar-refractivity contribution in [1.29, 1.82) is 5.26 Å². The molecule has 172 valence electrons. The van der Waals surface area contributed by atoms with Gasteiger partial charge in [-0.1, -0.05) is 0 Å². The van der Waals surface area contributed by atoms with E-state index in [2.05, 4.69) is 32.7 Å². The topological polar surface area (TPSA) is 69.1 Å². The van der Waals surface area contributed by atoms with E-state index in [1.165, 1.54) is 12.1 Å². The Bertz CT molecular complexity index is 1200. The standard InChI is InChI=1S/C23H27FN8S/c1-17(28(2)3)21-27-31(23(33)32(21)20-8-6-19(24)7-9-20)16-29-11-13-30(14-12-29)22-18(15-25)5-4-10-26-22/h4-10,17H,11-14,16H2,1-3H3. The number of pyridine rings is 1. The summed E-state index contributed by atoms with van der Waals surface area (Å²) in [5.41, 5.74) is 1.38. The van der Waals surface area contributed by atoms with Gasteiger partial charge < -0.3 is 4.90 Å². The van der Waals surface area contributed by atoms with E-state index in [0.717, 1.165) is 43.5 Å². The second-order valence-electron chi connectivity index (χ2n) is 8.32. The monoisotopic (exact) mass is 466 g/mol. The molecule has 0 saturated carbocycles. The molecule has 0 spiro atoms. The lowest BCUT2D eigenvalue weighted by atomic mass is 10.2. The van der Waals surface area contributed by atoms with Crippen molar-refractivity contribution in [1.82, 2.24) is 29.1 Å². The number of rotatable bonds is 6. The Labute approximate surface area is 198 Å². The minimum absolute atomic E-state index is 0.0170. The third kappa shape index (κ3) is 4.80. The molecule has 2 aromatic heterocycles. The number of hydrogen-bond donors (Lipinski definition) is 0. The van der Waals surface area contributed by atoms with E-state index in [-0.39, 0.29) is 11.9 Å². The van der Waals surface area contributed by atoms with Crippen LogP contribution >= 0.6 is 12.2 Å². The van der Waals surface area contributed by atoms with E-state index in [4.69, 9.17) is 17.3 Å². The average Bonchev–Trinajstić information content (AvgIpc) is 3.15. The van der Waals surface area contributed by atoms with Gasteiger partial charge >= 0.3 is 0 Å². The molecule has 0 radical (unpaired) electrons. The maximum absolute atomic E-state index is 13.5. The smallest absolute Gasteiger partial charge is 0.203 e. The first-order valence-corrected chi connectivity index (χ1v) is 11.2. The van der Waals surface area contributed by atoms with E-state index in [1.807, 2.05) is 23.3 Å². The maximum atomic E-state index is 13.5. The zero-order chi connectivity index (χ0) is 23.5. The molecule has 1 saturated heterocycles. The first kappa shape index (κ1) is 23.0. The highest BCUT2D eigenvalue weighted by atomic mass is 32.1. The highest BCUT2D eigenvalue weighted by Gasteiger charge is 2.24. The molecule has 0 aliphatic carbocycles. The SMILES string of the molecule is CC(c1nn(CN2CCN(c3ncccc3C#N)CC2)c(=S)n1-c1ccc(F)cc1)N(C)C. The molecule has 1 atom stereocenters. The Kier molecular flexibility index (Phi) is 6.83. The summed E-state index contributed by atoms with van der Waals surface area (Å²) in [5.74, 6) is 1.26. The zero-order valence-corrected chi connectivity index (χ0v) is 19.8. The van der Waals surface area contributed by atoms with E-state index >= 15 is 0 Å².